The summed E-state index contributed by atoms with van der Waals surface area (Å²) in [4.78, 5) is 18.2. The van der Waals surface area contributed by atoms with Gasteiger partial charge in [-0.2, -0.15) is 0 Å². The van der Waals surface area contributed by atoms with Gasteiger partial charge in [0, 0.05) is 39.5 Å². The summed E-state index contributed by atoms with van der Waals surface area (Å²) in [6.07, 6.45) is 4.89. The van der Waals surface area contributed by atoms with Gasteiger partial charge in [0.15, 0.2) is 0 Å². The van der Waals surface area contributed by atoms with Crippen LogP contribution in [0.2, 0.25) is 0 Å². The van der Waals surface area contributed by atoms with Crippen LogP contribution in [0.25, 0.3) is 0 Å². The van der Waals surface area contributed by atoms with Gasteiger partial charge in [0.05, 0.1) is 5.60 Å². The molecule has 0 unspecified atom stereocenters. The highest BCUT2D eigenvalue weighted by atomic mass is 16.5. The number of rotatable bonds is 7. The van der Waals surface area contributed by atoms with E-state index in [-0.39, 0.29) is 17.6 Å². The fourth-order valence-corrected chi connectivity index (χ4v) is 2.77. The summed E-state index contributed by atoms with van der Waals surface area (Å²) in [6.45, 7) is 7.22. The van der Waals surface area contributed by atoms with Gasteiger partial charge in [-0.25, -0.2) is 0 Å². The zero-order chi connectivity index (χ0) is 17.6. The smallest absolute Gasteiger partial charge is 0.269 e. The summed E-state index contributed by atoms with van der Waals surface area (Å²) in [5, 5.41) is 2.58. The van der Waals surface area contributed by atoms with Crippen molar-refractivity contribution in [2.24, 2.45) is 0 Å². The minimum Gasteiger partial charge on any atom is -0.489 e. The molecule has 1 fully saturated rings. The number of hydrogen-bond donors (Lipinski definition) is 1. The minimum atomic E-state index is -0.201. The van der Waals surface area contributed by atoms with E-state index in [1.165, 1.54) is 0 Å². The first kappa shape index (κ1) is 18.7. The fourth-order valence-electron chi connectivity index (χ4n) is 2.77. The number of amides is 1. The lowest BCUT2D eigenvalue weighted by molar-refractivity contribution is 0.000207. The molecule has 1 N–H and O–H groups in total. The van der Waals surface area contributed by atoms with Gasteiger partial charge in [0.25, 0.3) is 5.91 Å². The molecule has 2 rings (SSSR count). The normalized spacial score (nSPS) is 19.1. The first-order chi connectivity index (χ1) is 11.4. The van der Waals surface area contributed by atoms with Gasteiger partial charge in [0.1, 0.15) is 17.5 Å². The second-order valence-electron chi connectivity index (χ2n) is 6.85. The number of nitrogens with zero attached hydrogens (tertiary/aromatic N) is 2. The number of methoxy groups -OCH3 is 1. The molecule has 0 aliphatic carbocycles. The Morgan fingerprint density at radius 2 is 2.29 bits per heavy atom. The van der Waals surface area contributed by atoms with Gasteiger partial charge in [-0.1, -0.05) is 0 Å². The molecule has 0 radical (unpaired) electrons. The lowest BCUT2D eigenvalue weighted by Crippen LogP contribution is -2.43. The molecule has 1 saturated heterocycles. The number of piperidine rings is 1. The SMILES string of the molecule is CNC(=O)c1cc(O[C@@H]2CCCN(CCC(C)(C)OC)C2)ccn1. The van der Waals surface area contributed by atoms with E-state index in [1.807, 2.05) is 0 Å². The molecule has 1 atom stereocenters. The number of pyridine rings is 1. The molecule has 0 aromatic carbocycles. The fraction of sp³-hybridized carbons (Fsp3) is 0.667. The van der Waals surface area contributed by atoms with E-state index >= 15 is 0 Å². The Labute approximate surface area is 144 Å². The Morgan fingerprint density at radius 1 is 1.50 bits per heavy atom. The van der Waals surface area contributed by atoms with Crippen molar-refractivity contribution >= 4 is 5.91 Å². The number of hydrogen-bond acceptors (Lipinski definition) is 5. The second-order valence-corrected chi connectivity index (χ2v) is 6.85. The molecular formula is C18H29N3O3. The van der Waals surface area contributed by atoms with Crippen molar-refractivity contribution in [2.75, 3.05) is 33.8 Å². The van der Waals surface area contributed by atoms with Crippen LogP contribution in [0.4, 0.5) is 0 Å². The molecule has 1 aliphatic rings. The first-order valence-electron chi connectivity index (χ1n) is 8.56. The van der Waals surface area contributed by atoms with Gasteiger partial charge in [-0.3, -0.25) is 14.7 Å². The molecule has 1 aliphatic heterocycles. The predicted molar refractivity (Wildman–Crippen MR) is 93.4 cm³/mol. The van der Waals surface area contributed by atoms with Crippen LogP contribution in [0.1, 0.15) is 43.6 Å². The Balaban J connectivity index is 1.90. The third kappa shape index (κ3) is 5.46. The van der Waals surface area contributed by atoms with E-state index in [2.05, 4.69) is 29.0 Å². The predicted octanol–water partition coefficient (Wildman–Crippen LogP) is 2.10. The summed E-state index contributed by atoms with van der Waals surface area (Å²) in [5.74, 6) is 0.500. The third-order valence-electron chi connectivity index (χ3n) is 4.54. The van der Waals surface area contributed by atoms with Crippen molar-refractivity contribution in [1.29, 1.82) is 0 Å². The first-order valence-corrected chi connectivity index (χ1v) is 8.56. The molecule has 24 heavy (non-hydrogen) atoms. The lowest BCUT2D eigenvalue weighted by Gasteiger charge is -2.34. The summed E-state index contributed by atoms with van der Waals surface area (Å²) in [7, 11) is 3.35. The monoisotopic (exact) mass is 335 g/mol. The Bertz CT molecular complexity index is 548. The van der Waals surface area contributed by atoms with Crippen LogP contribution in [0, 0.1) is 0 Å². The van der Waals surface area contributed by atoms with Crippen molar-refractivity contribution in [2.45, 2.75) is 44.8 Å². The number of likely N-dealkylation sites (tertiary alicyclic amines) is 1. The quantitative estimate of drug-likeness (QED) is 0.827. The van der Waals surface area contributed by atoms with Crippen LogP contribution in [-0.2, 0) is 4.74 Å². The standard InChI is InChI=1S/C18H29N3O3/c1-18(2,23-4)8-11-21-10-5-6-15(13-21)24-14-7-9-20-16(12-14)17(22)19-3/h7,9,12,15H,5-6,8,10-11,13H2,1-4H3,(H,19,22)/t15-/m1/s1. The summed E-state index contributed by atoms with van der Waals surface area (Å²) in [5.41, 5.74) is 0.283. The molecule has 0 bridgehead atoms. The van der Waals surface area contributed by atoms with Gasteiger partial charge < -0.3 is 14.8 Å². The molecule has 2 heterocycles. The Morgan fingerprint density at radius 3 is 3.00 bits per heavy atom. The van der Waals surface area contributed by atoms with E-state index < -0.39 is 0 Å². The zero-order valence-electron chi connectivity index (χ0n) is 15.2. The Kier molecular flexibility index (Phi) is 6.57. The molecule has 1 aromatic heterocycles. The molecule has 6 heteroatoms. The average molecular weight is 335 g/mol. The number of nitrogens with one attached hydrogen (secondary N) is 1. The van der Waals surface area contributed by atoms with Gasteiger partial charge in [-0.15, -0.1) is 0 Å². The molecule has 134 valence electrons. The molecule has 0 saturated carbocycles. The van der Waals surface area contributed by atoms with Crippen molar-refractivity contribution in [3.8, 4) is 5.75 Å². The second kappa shape index (κ2) is 8.44. The molecule has 1 amide bonds. The van der Waals surface area contributed by atoms with Crippen LogP contribution in [-0.4, -0.2) is 61.3 Å². The van der Waals surface area contributed by atoms with E-state index in [1.54, 1.807) is 32.5 Å². The average Bonchev–Trinajstić information content (AvgIpc) is 2.60. The highest BCUT2D eigenvalue weighted by Gasteiger charge is 2.24. The summed E-state index contributed by atoms with van der Waals surface area (Å²) in [6, 6.07) is 3.51. The zero-order valence-corrected chi connectivity index (χ0v) is 15.2. The number of carbonyl (C=O) groups is 1. The largest absolute Gasteiger partial charge is 0.489 e. The summed E-state index contributed by atoms with van der Waals surface area (Å²) < 4.78 is 11.6. The topological polar surface area (TPSA) is 63.7 Å². The van der Waals surface area contributed by atoms with Gasteiger partial charge >= 0.3 is 0 Å². The van der Waals surface area contributed by atoms with Gasteiger partial charge in [-0.05, 0) is 45.7 Å². The maximum atomic E-state index is 11.7. The highest BCUT2D eigenvalue weighted by molar-refractivity contribution is 5.92. The van der Waals surface area contributed by atoms with Crippen molar-refractivity contribution in [3.05, 3.63) is 24.0 Å². The van der Waals surface area contributed by atoms with E-state index in [0.29, 0.717) is 11.4 Å². The maximum absolute atomic E-state index is 11.7. The van der Waals surface area contributed by atoms with Crippen LogP contribution < -0.4 is 10.1 Å². The molecule has 0 spiro atoms. The number of carbonyl (C=O) groups excluding carboxylic acids is 1. The number of aromatic nitrogens is 1. The lowest BCUT2D eigenvalue weighted by atomic mass is 10.0. The highest BCUT2D eigenvalue weighted by Crippen LogP contribution is 2.21. The van der Waals surface area contributed by atoms with Crippen LogP contribution in [0.3, 0.4) is 0 Å². The van der Waals surface area contributed by atoms with Crippen molar-refractivity contribution in [3.63, 3.8) is 0 Å². The van der Waals surface area contributed by atoms with E-state index in [9.17, 15) is 4.79 Å². The molecule has 6 nitrogen and oxygen atoms in total. The van der Waals surface area contributed by atoms with Crippen LogP contribution in [0.15, 0.2) is 18.3 Å². The van der Waals surface area contributed by atoms with Gasteiger partial charge in [0.2, 0.25) is 0 Å². The van der Waals surface area contributed by atoms with Crippen molar-refractivity contribution < 1.29 is 14.3 Å². The molecule has 1 aromatic rings. The minimum absolute atomic E-state index is 0.0959. The maximum Gasteiger partial charge on any atom is 0.269 e. The van der Waals surface area contributed by atoms with Crippen LogP contribution >= 0.6 is 0 Å². The third-order valence-corrected chi connectivity index (χ3v) is 4.54. The van der Waals surface area contributed by atoms with E-state index in [4.69, 9.17) is 9.47 Å². The molecular weight excluding hydrogens is 306 g/mol. The Hall–Kier alpha value is -1.66. The number of ether oxygens (including phenoxy) is 2. The van der Waals surface area contributed by atoms with Crippen molar-refractivity contribution in [1.82, 2.24) is 15.2 Å². The van der Waals surface area contributed by atoms with Crippen LogP contribution in [0.5, 0.6) is 5.75 Å². The summed E-state index contributed by atoms with van der Waals surface area (Å²) >= 11 is 0. The van der Waals surface area contributed by atoms with E-state index in [0.717, 1.165) is 38.9 Å².